The van der Waals surface area contributed by atoms with E-state index >= 15 is 0 Å². The van der Waals surface area contributed by atoms with Crippen molar-refractivity contribution in [1.82, 2.24) is 0 Å². The molecule has 6 rings (SSSR count). The molecule has 112 valence electrons. The molecule has 20 heavy (non-hydrogen) atoms. The molecular formula is C20H32. The molecule has 0 atom stereocenters. The Bertz CT molecular complexity index is 375. The Morgan fingerprint density at radius 1 is 0.400 bits per heavy atom. The molecule has 0 aromatic rings. The van der Waals surface area contributed by atoms with E-state index in [9.17, 15) is 0 Å². The van der Waals surface area contributed by atoms with E-state index < -0.39 is 0 Å². The molecule has 0 heterocycles. The first kappa shape index (κ1) is 12.5. The molecule has 0 nitrogen and oxygen atoms in total. The van der Waals surface area contributed by atoms with Crippen LogP contribution in [0.3, 0.4) is 0 Å². The van der Waals surface area contributed by atoms with Crippen LogP contribution in [0.15, 0.2) is 0 Å². The molecule has 0 unspecified atom stereocenters. The maximum atomic E-state index is 2.54. The van der Waals surface area contributed by atoms with Crippen molar-refractivity contribution in [1.29, 1.82) is 0 Å². The van der Waals surface area contributed by atoms with Crippen molar-refractivity contribution in [2.24, 2.45) is 69.0 Å². The van der Waals surface area contributed by atoms with Crippen LogP contribution in [0, 0.1) is 69.0 Å². The molecule has 0 N–H and O–H groups in total. The summed E-state index contributed by atoms with van der Waals surface area (Å²) in [4.78, 5) is 0. The van der Waals surface area contributed by atoms with Crippen LogP contribution in [0.4, 0.5) is 0 Å². The molecule has 0 saturated heterocycles. The summed E-state index contributed by atoms with van der Waals surface area (Å²) in [7, 11) is 0. The molecule has 0 heteroatoms. The Kier molecular flexibility index (Phi) is 1.67. The van der Waals surface area contributed by atoms with Gasteiger partial charge in [0.2, 0.25) is 0 Å². The van der Waals surface area contributed by atoms with Gasteiger partial charge in [-0.1, -0.05) is 55.4 Å². The standard InChI is InChI=1S/C20H32/c1-9(2)17-13-18(10(3)4)14(17)20(12(7)8)15(17)19(13,11(5)6)16(18)20/h9-16H,1-8H3. The Hall–Kier alpha value is 0. The molecule has 0 aromatic carbocycles. The average Bonchev–Trinajstić information content (AvgIpc) is 2.35. The van der Waals surface area contributed by atoms with Gasteiger partial charge in [0, 0.05) is 0 Å². The SMILES string of the molecule is CC(C)C12C3C4(C(C)C)C1C1(C(C)C)C2C3(C(C)C)C41. The Labute approximate surface area is 125 Å². The van der Waals surface area contributed by atoms with Crippen molar-refractivity contribution in [2.75, 3.05) is 0 Å². The second-order valence-electron chi connectivity index (χ2n) is 10.4. The van der Waals surface area contributed by atoms with Crippen molar-refractivity contribution in [3.63, 3.8) is 0 Å². The van der Waals surface area contributed by atoms with Gasteiger partial charge in [0.1, 0.15) is 0 Å². The maximum Gasteiger partial charge on any atom is -0.0156 e. The van der Waals surface area contributed by atoms with Gasteiger partial charge in [0.15, 0.2) is 0 Å². The smallest absolute Gasteiger partial charge is 0.0156 e. The lowest BCUT2D eigenvalue weighted by molar-refractivity contribution is -0.764. The predicted octanol–water partition coefficient (Wildman–Crippen LogP) is 5.09. The molecule has 0 aliphatic heterocycles. The first-order chi connectivity index (χ1) is 9.24. The van der Waals surface area contributed by atoms with Crippen molar-refractivity contribution in [3.8, 4) is 0 Å². The highest BCUT2D eigenvalue weighted by atomic mass is 15.2. The van der Waals surface area contributed by atoms with Gasteiger partial charge in [-0.15, -0.1) is 0 Å². The van der Waals surface area contributed by atoms with E-state index in [0.29, 0.717) is 0 Å². The van der Waals surface area contributed by atoms with Gasteiger partial charge in [0.05, 0.1) is 0 Å². The summed E-state index contributed by atoms with van der Waals surface area (Å²) in [5.74, 6) is 8.16. The largest absolute Gasteiger partial charge is 0.0622 e. The summed E-state index contributed by atoms with van der Waals surface area (Å²) < 4.78 is 0. The summed E-state index contributed by atoms with van der Waals surface area (Å²) >= 11 is 0. The number of hydrogen-bond donors (Lipinski definition) is 0. The van der Waals surface area contributed by atoms with Crippen molar-refractivity contribution in [3.05, 3.63) is 0 Å². The highest BCUT2D eigenvalue weighted by Crippen LogP contribution is 3.21. The second-order valence-corrected chi connectivity index (χ2v) is 10.4. The van der Waals surface area contributed by atoms with Crippen LogP contribution in [-0.2, 0) is 0 Å². The van der Waals surface area contributed by atoms with Gasteiger partial charge in [-0.2, -0.15) is 0 Å². The minimum atomic E-state index is 0.799. The molecule has 0 radical (unpaired) electrons. The maximum absolute atomic E-state index is 2.54. The number of hydrogen-bond acceptors (Lipinski definition) is 0. The second kappa shape index (κ2) is 2.67. The third-order valence-corrected chi connectivity index (χ3v) is 10.00. The van der Waals surface area contributed by atoms with Crippen LogP contribution >= 0.6 is 0 Å². The van der Waals surface area contributed by atoms with E-state index in [1.54, 1.807) is 0 Å². The van der Waals surface area contributed by atoms with Crippen LogP contribution in [0.25, 0.3) is 0 Å². The summed E-state index contributed by atoms with van der Waals surface area (Å²) in [5, 5.41) is 0. The molecule has 0 spiro atoms. The van der Waals surface area contributed by atoms with E-state index in [0.717, 1.165) is 69.0 Å². The Morgan fingerprint density at radius 2 is 0.550 bits per heavy atom. The van der Waals surface area contributed by atoms with Crippen LogP contribution in [0.1, 0.15) is 55.4 Å². The summed E-state index contributed by atoms with van der Waals surface area (Å²) in [5.41, 5.74) is 3.20. The van der Waals surface area contributed by atoms with Gasteiger partial charge in [-0.25, -0.2) is 0 Å². The lowest BCUT2D eigenvalue weighted by Crippen LogP contribution is -3.20. The van der Waals surface area contributed by atoms with E-state index in [1.807, 2.05) is 0 Å². The topological polar surface area (TPSA) is 0 Å². The number of rotatable bonds is 4. The first-order valence-electron chi connectivity index (χ1n) is 9.24. The molecule has 6 aliphatic carbocycles. The van der Waals surface area contributed by atoms with Gasteiger partial charge in [0.25, 0.3) is 0 Å². The average molecular weight is 272 g/mol. The quantitative estimate of drug-likeness (QED) is 0.669. The summed E-state index contributed by atoms with van der Waals surface area (Å²) in [6, 6.07) is 0. The lowest BCUT2D eigenvalue weighted by atomic mass is 8.81. The summed E-state index contributed by atoms with van der Waals surface area (Å²) in [6.45, 7) is 20.3. The van der Waals surface area contributed by atoms with Crippen LogP contribution < -0.4 is 0 Å². The molecule has 0 bridgehead atoms. The fourth-order valence-corrected chi connectivity index (χ4v) is 10.6. The highest BCUT2D eigenvalue weighted by molar-refractivity contribution is 5.64. The van der Waals surface area contributed by atoms with Crippen molar-refractivity contribution < 1.29 is 0 Å². The highest BCUT2D eigenvalue weighted by Gasteiger charge is 3.19. The third kappa shape index (κ3) is 0.564. The predicted molar refractivity (Wildman–Crippen MR) is 83.0 cm³/mol. The Morgan fingerprint density at radius 3 is 0.650 bits per heavy atom. The van der Waals surface area contributed by atoms with Gasteiger partial charge in [-0.05, 0) is 69.0 Å². The van der Waals surface area contributed by atoms with E-state index in [1.165, 1.54) is 0 Å². The molecule has 6 saturated carbocycles. The minimum absolute atomic E-state index is 0.799. The van der Waals surface area contributed by atoms with E-state index in [4.69, 9.17) is 0 Å². The zero-order chi connectivity index (χ0) is 14.6. The van der Waals surface area contributed by atoms with Crippen LogP contribution in [0.2, 0.25) is 0 Å². The lowest BCUT2D eigenvalue weighted by Gasteiger charge is -3.22. The van der Waals surface area contributed by atoms with Gasteiger partial charge >= 0.3 is 0 Å². The molecule has 0 amide bonds. The molecule has 6 aliphatic rings. The zero-order valence-electron chi connectivity index (χ0n) is 14.6. The van der Waals surface area contributed by atoms with Crippen molar-refractivity contribution >= 4 is 0 Å². The molecule has 6 fully saturated rings. The monoisotopic (exact) mass is 272 g/mol. The molecular weight excluding hydrogens is 240 g/mol. The van der Waals surface area contributed by atoms with E-state index in [-0.39, 0.29) is 0 Å². The molecule has 0 aromatic heterocycles. The third-order valence-electron chi connectivity index (χ3n) is 10.00. The fraction of sp³-hybridized carbons (Fsp3) is 1.00. The normalized spacial score (nSPS) is 66.6. The zero-order valence-corrected chi connectivity index (χ0v) is 14.6. The minimum Gasteiger partial charge on any atom is -0.0622 e. The van der Waals surface area contributed by atoms with Gasteiger partial charge < -0.3 is 0 Å². The van der Waals surface area contributed by atoms with Crippen LogP contribution in [0.5, 0.6) is 0 Å². The fourth-order valence-electron chi connectivity index (χ4n) is 10.6. The Balaban J connectivity index is 1.68. The van der Waals surface area contributed by atoms with Gasteiger partial charge in [-0.3, -0.25) is 0 Å². The van der Waals surface area contributed by atoms with E-state index in [2.05, 4.69) is 55.4 Å². The van der Waals surface area contributed by atoms with Crippen LogP contribution in [-0.4, -0.2) is 0 Å². The van der Waals surface area contributed by atoms with Crippen molar-refractivity contribution in [2.45, 2.75) is 55.4 Å². The first-order valence-corrected chi connectivity index (χ1v) is 9.24. The summed E-state index contributed by atoms with van der Waals surface area (Å²) in [6.07, 6.45) is 0.